The van der Waals surface area contributed by atoms with Crippen molar-refractivity contribution in [2.45, 2.75) is 84.0 Å². The van der Waals surface area contributed by atoms with Gasteiger partial charge in [-0.1, -0.05) is 6.42 Å². The lowest BCUT2D eigenvalue weighted by Gasteiger charge is -2.63. The third kappa shape index (κ3) is 4.39. The molecule has 2 saturated heterocycles. The van der Waals surface area contributed by atoms with Gasteiger partial charge in [-0.3, -0.25) is 4.99 Å². The number of carbonyl (C=O) groups excluding carboxylic acids is 1. The number of carbonyl (C=O) groups is 1. The summed E-state index contributed by atoms with van der Waals surface area (Å²) in [6, 6.07) is 0.521. The molecular formula is C24H42N4O3. The number of likely N-dealkylation sites (tertiary alicyclic amines) is 1. The molecule has 1 N–H and O–H groups in total. The Balaban J connectivity index is 1.28. The van der Waals surface area contributed by atoms with Gasteiger partial charge in [-0.15, -0.1) is 0 Å². The number of piperidine rings is 1. The quantitative estimate of drug-likeness (QED) is 0.542. The molecule has 0 radical (unpaired) electrons. The Labute approximate surface area is 187 Å². The van der Waals surface area contributed by atoms with Crippen LogP contribution in [0.3, 0.4) is 0 Å². The number of nitrogens with zero attached hydrogens (tertiary/aromatic N) is 3. The van der Waals surface area contributed by atoms with E-state index in [1.54, 1.807) is 0 Å². The monoisotopic (exact) mass is 434 g/mol. The molecule has 31 heavy (non-hydrogen) atoms. The first-order valence-electron chi connectivity index (χ1n) is 12.3. The van der Waals surface area contributed by atoms with Crippen LogP contribution in [0.5, 0.6) is 0 Å². The second-order valence-corrected chi connectivity index (χ2v) is 10.9. The summed E-state index contributed by atoms with van der Waals surface area (Å²) in [7, 11) is 1.91. The van der Waals surface area contributed by atoms with Gasteiger partial charge in [0.05, 0.1) is 6.10 Å². The molecule has 2 aliphatic heterocycles. The van der Waals surface area contributed by atoms with E-state index in [0.29, 0.717) is 35.9 Å². The van der Waals surface area contributed by atoms with Crippen LogP contribution in [-0.4, -0.2) is 79.4 Å². The van der Waals surface area contributed by atoms with Crippen LogP contribution in [0.4, 0.5) is 4.79 Å². The SMILES string of the molecule is CCN(CC1CCN(C(=NC)NC2C3CCOC3C23CCC3)CC1)C(=O)OC(C)(C)C. The number of amides is 1. The van der Waals surface area contributed by atoms with Crippen LogP contribution >= 0.6 is 0 Å². The molecule has 3 atom stereocenters. The maximum Gasteiger partial charge on any atom is 0.410 e. The van der Waals surface area contributed by atoms with E-state index >= 15 is 0 Å². The molecule has 0 bridgehead atoms. The van der Waals surface area contributed by atoms with E-state index in [2.05, 4.69) is 15.2 Å². The molecule has 4 rings (SSSR count). The summed E-state index contributed by atoms with van der Waals surface area (Å²) >= 11 is 0. The maximum absolute atomic E-state index is 12.5. The average Bonchev–Trinajstić information content (AvgIpc) is 3.10. The topological polar surface area (TPSA) is 66.4 Å². The molecule has 0 aromatic rings. The number of nitrogens with one attached hydrogen (secondary N) is 1. The summed E-state index contributed by atoms with van der Waals surface area (Å²) in [5.74, 6) is 2.22. The minimum absolute atomic E-state index is 0.195. The molecule has 2 heterocycles. The molecular weight excluding hydrogens is 392 g/mol. The van der Waals surface area contributed by atoms with E-state index in [1.165, 1.54) is 25.7 Å². The summed E-state index contributed by atoms with van der Waals surface area (Å²) in [5, 5.41) is 3.86. The first-order valence-corrected chi connectivity index (χ1v) is 12.3. The van der Waals surface area contributed by atoms with E-state index in [0.717, 1.165) is 45.0 Å². The molecule has 2 aliphatic carbocycles. The lowest BCUT2D eigenvalue weighted by Crippen LogP contribution is -2.72. The van der Waals surface area contributed by atoms with Gasteiger partial charge in [0.15, 0.2) is 5.96 Å². The summed E-state index contributed by atoms with van der Waals surface area (Å²) < 4.78 is 11.7. The number of hydrogen-bond donors (Lipinski definition) is 1. The molecule has 3 unspecified atom stereocenters. The van der Waals surface area contributed by atoms with Crippen LogP contribution in [0.1, 0.15) is 66.2 Å². The summed E-state index contributed by atoms with van der Waals surface area (Å²) in [5.41, 5.74) is -0.0841. The van der Waals surface area contributed by atoms with Crippen molar-refractivity contribution in [1.82, 2.24) is 15.1 Å². The Morgan fingerprint density at radius 2 is 1.97 bits per heavy atom. The number of guanidine groups is 1. The predicted molar refractivity (Wildman–Crippen MR) is 122 cm³/mol. The Kier molecular flexibility index (Phi) is 6.44. The second kappa shape index (κ2) is 8.80. The van der Waals surface area contributed by atoms with Gasteiger partial charge in [0.25, 0.3) is 0 Å². The maximum atomic E-state index is 12.5. The van der Waals surface area contributed by atoms with E-state index < -0.39 is 5.60 Å². The Bertz CT molecular complexity index is 677. The van der Waals surface area contributed by atoms with Crippen molar-refractivity contribution in [3.63, 3.8) is 0 Å². The fourth-order valence-corrected chi connectivity index (χ4v) is 6.19. The third-order valence-electron chi connectivity index (χ3n) is 7.96. The molecule has 2 saturated carbocycles. The normalized spacial score (nSPS) is 30.4. The largest absolute Gasteiger partial charge is 0.444 e. The van der Waals surface area contributed by atoms with Gasteiger partial charge < -0.3 is 24.6 Å². The lowest BCUT2D eigenvalue weighted by molar-refractivity contribution is -0.171. The van der Waals surface area contributed by atoms with Crippen LogP contribution in [0.25, 0.3) is 0 Å². The van der Waals surface area contributed by atoms with Gasteiger partial charge in [-0.2, -0.15) is 0 Å². The standard InChI is InChI=1S/C24H42N4O3/c1-6-27(22(29)31-23(2,3)4)16-17-8-13-28(14-9-17)21(25-5)26-19-18-10-15-30-20(18)24(19)11-7-12-24/h17-20H,6-16H2,1-5H3,(H,25,26). The van der Waals surface area contributed by atoms with Crippen molar-refractivity contribution in [2.75, 3.05) is 39.8 Å². The molecule has 4 aliphatic rings. The van der Waals surface area contributed by atoms with E-state index in [1.807, 2.05) is 39.6 Å². The summed E-state index contributed by atoms with van der Waals surface area (Å²) in [4.78, 5) is 21.4. The van der Waals surface area contributed by atoms with Crippen LogP contribution in [0.15, 0.2) is 4.99 Å². The fraction of sp³-hybridized carbons (Fsp3) is 0.917. The molecule has 7 heteroatoms. The number of rotatable bonds is 4. The van der Waals surface area contributed by atoms with Gasteiger partial charge >= 0.3 is 6.09 Å². The first-order chi connectivity index (χ1) is 14.8. The number of hydrogen-bond acceptors (Lipinski definition) is 4. The van der Waals surface area contributed by atoms with Crippen molar-refractivity contribution < 1.29 is 14.3 Å². The van der Waals surface area contributed by atoms with Crippen LogP contribution in [0.2, 0.25) is 0 Å². The molecule has 4 fully saturated rings. The lowest BCUT2D eigenvalue weighted by atomic mass is 9.46. The molecule has 176 valence electrons. The highest BCUT2D eigenvalue weighted by molar-refractivity contribution is 5.80. The molecule has 1 amide bonds. The average molecular weight is 435 g/mol. The summed E-state index contributed by atoms with van der Waals surface area (Å²) in [6.07, 6.45) is 7.54. The zero-order valence-electron chi connectivity index (χ0n) is 20.2. The van der Waals surface area contributed by atoms with Crippen LogP contribution in [0, 0.1) is 17.3 Å². The van der Waals surface area contributed by atoms with E-state index in [9.17, 15) is 4.79 Å². The molecule has 0 aromatic heterocycles. The van der Waals surface area contributed by atoms with E-state index in [-0.39, 0.29) is 6.09 Å². The fourth-order valence-electron chi connectivity index (χ4n) is 6.19. The van der Waals surface area contributed by atoms with Gasteiger partial charge in [-0.05, 0) is 65.7 Å². The highest BCUT2D eigenvalue weighted by Gasteiger charge is 2.66. The number of ether oxygens (including phenoxy) is 2. The van der Waals surface area contributed by atoms with Crippen LogP contribution in [-0.2, 0) is 9.47 Å². The van der Waals surface area contributed by atoms with Crippen molar-refractivity contribution in [1.29, 1.82) is 0 Å². The highest BCUT2D eigenvalue weighted by Crippen LogP contribution is 2.62. The number of aliphatic imine (C=N–C) groups is 1. The van der Waals surface area contributed by atoms with Gasteiger partial charge in [0, 0.05) is 57.2 Å². The first kappa shape index (κ1) is 22.7. The predicted octanol–water partition coefficient (Wildman–Crippen LogP) is 3.49. The van der Waals surface area contributed by atoms with Gasteiger partial charge in [-0.25, -0.2) is 4.79 Å². The van der Waals surface area contributed by atoms with Crippen molar-refractivity contribution in [3.05, 3.63) is 0 Å². The molecule has 0 aromatic carbocycles. The zero-order valence-corrected chi connectivity index (χ0v) is 20.2. The summed E-state index contributed by atoms with van der Waals surface area (Å²) in [6.45, 7) is 12.2. The second-order valence-electron chi connectivity index (χ2n) is 10.9. The number of fused-ring (bicyclic) bond motifs is 2. The smallest absolute Gasteiger partial charge is 0.410 e. The molecule has 1 spiro atoms. The van der Waals surface area contributed by atoms with Gasteiger partial charge in [0.2, 0.25) is 0 Å². The van der Waals surface area contributed by atoms with E-state index in [4.69, 9.17) is 9.47 Å². The Morgan fingerprint density at radius 3 is 2.52 bits per heavy atom. The van der Waals surface area contributed by atoms with Gasteiger partial charge in [0.1, 0.15) is 5.60 Å². The zero-order chi connectivity index (χ0) is 22.2. The van der Waals surface area contributed by atoms with Crippen molar-refractivity contribution >= 4 is 12.1 Å². The Hall–Kier alpha value is -1.50. The Morgan fingerprint density at radius 1 is 1.26 bits per heavy atom. The van der Waals surface area contributed by atoms with Crippen LogP contribution < -0.4 is 5.32 Å². The highest BCUT2D eigenvalue weighted by atomic mass is 16.6. The van der Waals surface area contributed by atoms with Crippen molar-refractivity contribution in [2.24, 2.45) is 22.2 Å². The minimum Gasteiger partial charge on any atom is -0.444 e. The molecule has 7 nitrogen and oxygen atoms in total. The third-order valence-corrected chi connectivity index (χ3v) is 7.96. The minimum atomic E-state index is -0.450. The van der Waals surface area contributed by atoms with Crippen molar-refractivity contribution in [3.8, 4) is 0 Å².